The largest absolute Gasteiger partial charge is 0.398 e. The van der Waals surface area contributed by atoms with E-state index < -0.39 is 0 Å². The van der Waals surface area contributed by atoms with Crippen LogP contribution in [0, 0.1) is 11.8 Å². The first-order chi connectivity index (χ1) is 9.54. The first-order valence-corrected chi connectivity index (χ1v) is 7.62. The molecule has 0 aromatic carbocycles. The third-order valence-electron chi connectivity index (χ3n) is 4.04. The Bertz CT molecular complexity index is 474. The second kappa shape index (κ2) is 6.93. The molecule has 1 fully saturated rings. The molecule has 20 heavy (non-hydrogen) atoms. The highest BCUT2D eigenvalue weighted by molar-refractivity contribution is 5.33. The minimum absolute atomic E-state index is 0.000823. The molecule has 2 N–H and O–H groups in total. The fourth-order valence-electron chi connectivity index (χ4n) is 3.22. The van der Waals surface area contributed by atoms with Crippen molar-refractivity contribution in [2.45, 2.75) is 52.2 Å². The van der Waals surface area contributed by atoms with Crippen molar-refractivity contribution < 1.29 is 4.74 Å². The van der Waals surface area contributed by atoms with Crippen LogP contribution in [0.5, 0.6) is 0 Å². The van der Waals surface area contributed by atoms with Gasteiger partial charge in [-0.15, -0.1) is 0 Å². The summed E-state index contributed by atoms with van der Waals surface area (Å²) in [6.07, 6.45) is 6.60. The summed E-state index contributed by atoms with van der Waals surface area (Å²) in [6.45, 7) is 5.99. The van der Waals surface area contributed by atoms with Crippen molar-refractivity contribution in [2.75, 3.05) is 12.3 Å². The van der Waals surface area contributed by atoms with Crippen molar-refractivity contribution in [1.29, 1.82) is 0 Å². The minimum Gasteiger partial charge on any atom is -0.398 e. The summed E-state index contributed by atoms with van der Waals surface area (Å²) >= 11 is 0. The van der Waals surface area contributed by atoms with Gasteiger partial charge in [-0.2, -0.15) is 0 Å². The second-order valence-corrected chi connectivity index (χ2v) is 6.26. The molecule has 0 saturated heterocycles. The molecule has 0 amide bonds. The number of hydrogen-bond acceptors (Lipinski definition) is 3. The molecule has 1 heterocycles. The molecule has 112 valence electrons. The van der Waals surface area contributed by atoms with Crippen LogP contribution in [0.4, 0.5) is 5.69 Å². The molecule has 1 saturated carbocycles. The van der Waals surface area contributed by atoms with Gasteiger partial charge in [0.25, 0.3) is 5.56 Å². The Balaban J connectivity index is 1.73. The molecule has 2 unspecified atom stereocenters. The van der Waals surface area contributed by atoms with Gasteiger partial charge in [-0.05, 0) is 43.6 Å². The van der Waals surface area contributed by atoms with Crippen LogP contribution in [-0.4, -0.2) is 17.3 Å². The predicted molar refractivity (Wildman–Crippen MR) is 81.7 cm³/mol. The van der Waals surface area contributed by atoms with E-state index in [0.717, 1.165) is 18.3 Å². The SMILES string of the molecule is CC1CC(C)CC(OCCCn2cc(N)ccc2=O)C1. The summed E-state index contributed by atoms with van der Waals surface area (Å²) in [4.78, 5) is 11.6. The average Bonchev–Trinajstić information content (AvgIpc) is 2.37. The standard InChI is InChI=1S/C16H26N2O2/c1-12-8-13(2)10-15(9-12)20-7-3-6-18-11-14(17)4-5-16(18)19/h4-5,11-13,15H,3,6-10,17H2,1-2H3. The number of nitrogen functional groups attached to an aromatic ring is 1. The zero-order valence-electron chi connectivity index (χ0n) is 12.5. The van der Waals surface area contributed by atoms with Gasteiger partial charge < -0.3 is 15.0 Å². The van der Waals surface area contributed by atoms with Gasteiger partial charge in [0.15, 0.2) is 0 Å². The van der Waals surface area contributed by atoms with E-state index in [0.29, 0.717) is 24.9 Å². The average molecular weight is 278 g/mol. The van der Waals surface area contributed by atoms with Gasteiger partial charge >= 0.3 is 0 Å². The fourth-order valence-corrected chi connectivity index (χ4v) is 3.22. The summed E-state index contributed by atoms with van der Waals surface area (Å²) < 4.78 is 7.63. The summed E-state index contributed by atoms with van der Waals surface area (Å²) in [7, 11) is 0. The molecule has 0 spiro atoms. The van der Waals surface area contributed by atoms with Crippen molar-refractivity contribution in [3.8, 4) is 0 Å². The molecule has 1 aliphatic carbocycles. The monoisotopic (exact) mass is 278 g/mol. The number of rotatable bonds is 5. The highest BCUT2D eigenvalue weighted by Crippen LogP contribution is 2.30. The Morgan fingerprint density at radius 3 is 2.65 bits per heavy atom. The quantitative estimate of drug-likeness (QED) is 0.842. The Morgan fingerprint density at radius 1 is 1.25 bits per heavy atom. The van der Waals surface area contributed by atoms with Gasteiger partial charge in [0.1, 0.15) is 0 Å². The molecular weight excluding hydrogens is 252 g/mol. The van der Waals surface area contributed by atoms with Crippen molar-refractivity contribution in [3.05, 3.63) is 28.7 Å². The first kappa shape index (κ1) is 15.1. The first-order valence-electron chi connectivity index (χ1n) is 7.62. The van der Waals surface area contributed by atoms with Crippen LogP contribution >= 0.6 is 0 Å². The molecular formula is C16H26N2O2. The van der Waals surface area contributed by atoms with E-state index >= 15 is 0 Å². The van der Waals surface area contributed by atoms with E-state index in [1.807, 2.05) is 0 Å². The van der Waals surface area contributed by atoms with E-state index in [1.54, 1.807) is 16.8 Å². The Hall–Kier alpha value is -1.29. The van der Waals surface area contributed by atoms with Gasteiger partial charge in [0.2, 0.25) is 0 Å². The number of aryl methyl sites for hydroxylation is 1. The highest BCUT2D eigenvalue weighted by atomic mass is 16.5. The highest BCUT2D eigenvalue weighted by Gasteiger charge is 2.24. The number of nitrogens with two attached hydrogens (primary N) is 1. The zero-order valence-corrected chi connectivity index (χ0v) is 12.5. The second-order valence-electron chi connectivity index (χ2n) is 6.26. The molecule has 0 bridgehead atoms. The maximum absolute atomic E-state index is 11.6. The van der Waals surface area contributed by atoms with Crippen molar-refractivity contribution in [3.63, 3.8) is 0 Å². The van der Waals surface area contributed by atoms with Crippen LogP contribution in [0.2, 0.25) is 0 Å². The Labute approximate surface area is 120 Å². The summed E-state index contributed by atoms with van der Waals surface area (Å²) in [5.74, 6) is 1.53. The van der Waals surface area contributed by atoms with Crippen LogP contribution in [0.1, 0.15) is 39.5 Å². The maximum Gasteiger partial charge on any atom is 0.250 e. The van der Waals surface area contributed by atoms with Crippen LogP contribution in [0.25, 0.3) is 0 Å². The van der Waals surface area contributed by atoms with Gasteiger partial charge in [-0.1, -0.05) is 13.8 Å². The van der Waals surface area contributed by atoms with Crippen LogP contribution < -0.4 is 11.3 Å². The van der Waals surface area contributed by atoms with Gasteiger partial charge in [0, 0.05) is 31.1 Å². The number of hydrogen-bond donors (Lipinski definition) is 1. The molecule has 4 heteroatoms. The Kier molecular flexibility index (Phi) is 5.24. The lowest BCUT2D eigenvalue weighted by Gasteiger charge is -2.31. The topological polar surface area (TPSA) is 57.2 Å². The Morgan fingerprint density at radius 2 is 1.95 bits per heavy atom. The molecule has 0 aliphatic heterocycles. The predicted octanol–water partition coefficient (Wildman–Crippen LogP) is 2.66. The van der Waals surface area contributed by atoms with Crippen molar-refractivity contribution >= 4 is 5.69 Å². The van der Waals surface area contributed by atoms with Gasteiger partial charge in [0.05, 0.1) is 6.10 Å². The lowest BCUT2D eigenvalue weighted by molar-refractivity contribution is -0.00113. The minimum atomic E-state index is -0.000823. The van der Waals surface area contributed by atoms with Gasteiger partial charge in [-0.25, -0.2) is 0 Å². The smallest absolute Gasteiger partial charge is 0.250 e. The summed E-state index contributed by atoms with van der Waals surface area (Å²) in [5.41, 5.74) is 6.31. The normalized spacial score (nSPS) is 26.6. The molecule has 2 rings (SSSR count). The summed E-state index contributed by atoms with van der Waals surface area (Å²) in [6, 6.07) is 3.15. The maximum atomic E-state index is 11.6. The van der Waals surface area contributed by atoms with E-state index in [1.165, 1.54) is 25.3 Å². The third kappa shape index (κ3) is 4.37. The lowest BCUT2D eigenvalue weighted by Crippen LogP contribution is -2.27. The van der Waals surface area contributed by atoms with Gasteiger partial charge in [-0.3, -0.25) is 4.79 Å². The third-order valence-corrected chi connectivity index (χ3v) is 4.04. The number of nitrogens with zero attached hydrogens (tertiary/aromatic N) is 1. The molecule has 1 aromatic rings. The molecule has 4 nitrogen and oxygen atoms in total. The van der Waals surface area contributed by atoms with E-state index in [4.69, 9.17) is 10.5 Å². The van der Waals surface area contributed by atoms with Crippen LogP contribution in [-0.2, 0) is 11.3 Å². The fraction of sp³-hybridized carbons (Fsp3) is 0.688. The molecule has 1 aliphatic rings. The molecule has 0 radical (unpaired) electrons. The zero-order chi connectivity index (χ0) is 14.5. The number of aromatic nitrogens is 1. The number of ether oxygens (including phenoxy) is 1. The van der Waals surface area contributed by atoms with Crippen molar-refractivity contribution in [2.24, 2.45) is 11.8 Å². The molecule has 2 atom stereocenters. The van der Waals surface area contributed by atoms with Crippen molar-refractivity contribution in [1.82, 2.24) is 4.57 Å². The van der Waals surface area contributed by atoms with E-state index in [9.17, 15) is 4.79 Å². The number of pyridine rings is 1. The number of anilines is 1. The lowest BCUT2D eigenvalue weighted by atomic mass is 9.82. The summed E-state index contributed by atoms with van der Waals surface area (Å²) in [5, 5.41) is 0. The van der Waals surface area contributed by atoms with E-state index in [-0.39, 0.29) is 5.56 Å². The molecule has 1 aromatic heterocycles. The van der Waals surface area contributed by atoms with Crippen LogP contribution in [0.15, 0.2) is 23.1 Å². The van der Waals surface area contributed by atoms with Crippen LogP contribution in [0.3, 0.4) is 0 Å². The van der Waals surface area contributed by atoms with E-state index in [2.05, 4.69) is 13.8 Å².